The Kier molecular flexibility index (Phi) is 5.47. The van der Waals surface area contributed by atoms with Gasteiger partial charge in [-0.25, -0.2) is 9.37 Å². The van der Waals surface area contributed by atoms with Crippen LogP contribution in [-0.4, -0.2) is 23.6 Å². The molecule has 0 aliphatic rings. The number of rotatable bonds is 6. The Morgan fingerprint density at radius 2 is 2.10 bits per heavy atom. The lowest BCUT2D eigenvalue weighted by molar-refractivity contribution is 0.382. The number of nitrogens with zero attached hydrogens (tertiary/aromatic N) is 2. The zero-order valence-corrected chi connectivity index (χ0v) is 12.7. The second kappa shape index (κ2) is 7.33. The third kappa shape index (κ3) is 3.49. The van der Waals surface area contributed by atoms with E-state index in [4.69, 9.17) is 16.3 Å². The smallest absolute Gasteiger partial charge is 0.237 e. The van der Waals surface area contributed by atoms with Gasteiger partial charge in [0.2, 0.25) is 5.88 Å². The van der Waals surface area contributed by atoms with Gasteiger partial charge in [0.05, 0.1) is 18.2 Å². The molecule has 0 radical (unpaired) electrons. The Hall–Kier alpha value is -1.72. The van der Waals surface area contributed by atoms with Crippen LogP contribution in [0.15, 0.2) is 30.6 Å². The number of benzene rings is 1. The van der Waals surface area contributed by atoms with E-state index in [2.05, 4.69) is 15.3 Å². The number of hydrogen-bond donors (Lipinski definition) is 1. The Balaban J connectivity index is 2.50. The zero-order valence-electron chi connectivity index (χ0n) is 11.9. The topological polar surface area (TPSA) is 47.0 Å². The highest BCUT2D eigenvalue weighted by atomic mass is 35.5. The molecule has 1 atom stereocenters. The first-order chi connectivity index (χ1) is 10.2. The number of aromatic nitrogens is 2. The van der Waals surface area contributed by atoms with Crippen molar-refractivity contribution in [1.29, 1.82) is 0 Å². The molecule has 2 aromatic rings. The van der Waals surface area contributed by atoms with Crippen molar-refractivity contribution in [3.05, 3.63) is 52.7 Å². The van der Waals surface area contributed by atoms with Gasteiger partial charge in [0, 0.05) is 12.4 Å². The molecule has 1 aromatic heterocycles. The van der Waals surface area contributed by atoms with E-state index in [1.807, 2.05) is 6.92 Å². The predicted molar refractivity (Wildman–Crippen MR) is 80.1 cm³/mol. The molecular weight excluding hydrogens is 293 g/mol. The van der Waals surface area contributed by atoms with Crippen LogP contribution in [0.1, 0.15) is 30.6 Å². The van der Waals surface area contributed by atoms with Crippen LogP contribution in [0.3, 0.4) is 0 Å². The fraction of sp³-hybridized carbons (Fsp3) is 0.333. The van der Waals surface area contributed by atoms with Crippen molar-refractivity contribution in [2.75, 3.05) is 13.7 Å². The summed E-state index contributed by atoms with van der Waals surface area (Å²) in [4.78, 5) is 8.46. The molecule has 0 amide bonds. The summed E-state index contributed by atoms with van der Waals surface area (Å²) in [5, 5.41) is 3.39. The van der Waals surface area contributed by atoms with E-state index < -0.39 is 5.82 Å². The second-order valence-electron chi connectivity index (χ2n) is 4.48. The Morgan fingerprint density at radius 3 is 2.81 bits per heavy atom. The van der Waals surface area contributed by atoms with Gasteiger partial charge in [-0.05, 0) is 24.6 Å². The SMILES string of the molecule is CCCNC(c1cccc(F)c1Cl)c1nccnc1OC. The molecule has 0 bridgehead atoms. The van der Waals surface area contributed by atoms with Crippen LogP contribution in [0, 0.1) is 5.82 Å². The average Bonchev–Trinajstić information content (AvgIpc) is 2.52. The molecule has 0 saturated carbocycles. The minimum atomic E-state index is -0.458. The van der Waals surface area contributed by atoms with E-state index in [0.29, 0.717) is 17.1 Å². The first-order valence-electron chi connectivity index (χ1n) is 6.71. The van der Waals surface area contributed by atoms with Gasteiger partial charge in [-0.2, -0.15) is 0 Å². The summed E-state index contributed by atoms with van der Waals surface area (Å²) in [6, 6.07) is 4.35. The Labute approximate surface area is 128 Å². The quantitative estimate of drug-likeness (QED) is 0.889. The van der Waals surface area contributed by atoms with Gasteiger partial charge in [-0.3, -0.25) is 4.98 Å². The van der Waals surface area contributed by atoms with E-state index in [-0.39, 0.29) is 11.1 Å². The number of methoxy groups -OCH3 is 1. The van der Waals surface area contributed by atoms with Crippen molar-refractivity contribution in [3.63, 3.8) is 0 Å². The van der Waals surface area contributed by atoms with E-state index in [0.717, 1.165) is 13.0 Å². The maximum Gasteiger partial charge on any atom is 0.237 e. The standard InChI is InChI=1S/C15H17ClFN3O/c1-3-7-18-13(10-5-4-6-11(17)12(10)16)14-15(21-2)20-9-8-19-14/h4-6,8-9,13,18H,3,7H2,1-2H3. The molecule has 0 aliphatic carbocycles. The molecule has 0 spiro atoms. The third-order valence-electron chi connectivity index (χ3n) is 3.05. The summed E-state index contributed by atoms with van der Waals surface area (Å²) < 4.78 is 19.0. The van der Waals surface area contributed by atoms with E-state index in [1.165, 1.54) is 13.2 Å². The molecule has 21 heavy (non-hydrogen) atoms. The predicted octanol–water partition coefficient (Wildman–Crippen LogP) is 3.37. The van der Waals surface area contributed by atoms with Crippen LogP contribution in [0.4, 0.5) is 4.39 Å². The number of hydrogen-bond acceptors (Lipinski definition) is 4. The molecule has 6 heteroatoms. The molecule has 1 heterocycles. The van der Waals surface area contributed by atoms with Gasteiger partial charge in [0.1, 0.15) is 11.5 Å². The van der Waals surface area contributed by atoms with Gasteiger partial charge in [-0.1, -0.05) is 30.7 Å². The largest absolute Gasteiger partial charge is 0.480 e. The van der Waals surface area contributed by atoms with Crippen molar-refractivity contribution in [2.45, 2.75) is 19.4 Å². The maximum absolute atomic E-state index is 13.7. The van der Waals surface area contributed by atoms with Gasteiger partial charge < -0.3 is 10.1 Å². The van der Waals surface area contributed by atoms with Crippen LogP contribution in [-0.2, 0) is 0 Å². The molecule has 2 rings (SSSR count). The van der Waals surface area contributed by atoms with Crippen LogP contribution in [0.5, 0.6) is 5.88 Å². The van der Waals surface area contributed by atoms with Crippen LogP contribution in [0.2, 0.25) is 5.02 Å². The van der Waals surface area contributed by atoms with Gasteiger partial charge >= 0.3 is 0 Å². The summed E-state index contributed by atoms with van der Waals surface area (Å²) in [5.41, 5.74) is 1.20. The van der Waals surface area contributed by atoms with Gasteiger partial charge in [0.15, 0.2) is 0 Å². The summed E-state index contributed by atoms with van der Waals surface area (Å²) in [5.74, 6) is -0.0632. The lowest BCUT2D eigenvalue weighted by atomic mass is 10.0. The van der Waals surface area contributed by atoms with Crippen molar-refractivity contribution >= 4 is 11.6 Å². The maximum atomic E-state index is 13.7. The first-order valence-corrected chi connectivity index (χ1v) is 7.09. The van der Waals surface area contributed by atoms with Crippen molar-refractivity contribution in [3.8, 4) is 5.88 Å². The molecular formula is C15H17ClFN3O. The molecule has 1 unspecified atom stereocenters. The van der Waals surface area contributed by atoms with E-state index >= 15 is 0 Å². The normalized spacial score (nSPS) is 12.2. The molecule has 112 valence electrons. The summed E-state index contributed by atoms with van der Waals surface area (Å²) >= 11 is 6.11. The van der Waals surface area contributed by atoms with Crippen molar-refractivity contribution < 1.29 is 9.13 Å². The summed E-state index contributed by atoms with van der Waals surface area (Å²) in [7, 11) is 1.53. The lowest BCUT2D eigenvalue weighted by Gasteiger charge is -2.21. The molecule has 1 aromatic carbocycles. The zero-order chi connectivity index (χ0) is 15.2. The number of ether oxygens (including phenoxy) is 1. The summed E-state index contributed by atoms with van der Waals surface area (Å²) in [6.07, 6.45) is 4.05. The monoisotopic (exact) mass is 309 g/mol. The Bertz CT molecular complexity index is 609. The molecule has 0 aliphatic heterocycles. The molecule has 1 N–H and O–H groups in total. The molecule has 0 fully saturated rings. The van der Waals surface area contributed by atoms with Crippen LogP contribution < -0.4 is 10.1 Å². The molecule has 0 saturated heterocycles. The number of nitrogens with one attached hydrogen (secondary N) is 1. The third-order valence-corrected chi connectivity index (χ3v) is 3.45. The van der Waals surface area contributed by atoms with Crippen LogP contribution in [0.25, 0.3) is 0 Å². The van der Waals surface area contributed by atoms with Crippen LogP contribution >= 0.6 is 11.6 Å². The number of halogens is 2. The highest BCUT2D eigenvalue weighted by Gasteiger charge is 2.23. The van der Waals surface area contributed by atoms with E-state index in [1.54, 1.807) is 24.5 Å². The fourth-order valence-electron chi connectivity index (χ4n) is 2.08. The molecule has 4 nitrogen and oxygen atoms in total. The average molecular weight is 310 g/mol. The van der Waals surface area contributed by atoms with Gasteiger partial charge in [-0.15, -0.1) is 0 Å². The van der Waals surface area contributed by atoms with E-state index in [9.17, 15) is 4.39 Å². The highest BCUT2D eigenvalue weighted by molar-refractivity contribution is 6.31. The second-order valence-corrected chi connectivity index (χ2v) is 4.86. The summed E-state index contributed by atoms with van der Waals surface area (Å²) in [6.45, 7) is 2.78. The lowest BCUT2D eigenvalue weighted by Crippen LogP contribution is -2.25. The minimum absolute atomic E-state index is 0.0822. The first kappa shape index (κ1) is 15.7. The van der Waals surface area contributed by atoms with Crippen molar-refractivity contribution in [1.82, 2.24) is 15.3 Å². The van der Waals surface area contributed by atoms with Gasteiger partial charge in [0.25, 0.3) is 0 Å². The highest BCUT2D eigenvalue weighted by Crippen LogP contribution is 2.32. The van der Waals surface area contributed by atoms with Crippen molar-refractivity contribution in [2.24, 2.45) is 0 Å². The Morgan fingerprint density at radius 1 is 1.33 bits per heavy atom. The fourth-order valence-corrected chi connectivity index (χ4v) is 2.31. The minimum Gasteiger partial charge on any atom is -0.480 e.